The van der Waals surface area contributed by atoms with Crippen molar-refractivity contribution in [2.45, 2.75) is 32.1 Å². The number of ether oxygens (including phenoxy) is 3. The molecular weight excluding hydrogens is 422 g/mol. The molecule has 0 saturated heterocycles. The predicted octanol–water partition coefficient (Wildman–Crippen LogP) is 3.09. The van der Waals surface area contributed by atoms with Gasteiger partial charge in [-0.25, -0.2) is 5.43 Å². The summed E-state index contributed by atoms with van der Waals surface area (Å²) in [5.74, 6) is 1.74. The third-order valence-electron chi connectivity index (χ3n) is 6.12. The van der Waals surface area contributed by atoms with E-state index in [2.05, 4.69) is 10.5 Å². The highest BCUT2D eigenvalue weighted by Crippen LogP contribution is 2.47. The van der Waals surface area contributed by atoms with E-state index in [0.717, 1.165) is 12.0 Å². The van der Waals surface area contributed by atoms with Gasteiger partial charge in [-0.2, -0.15) is 5.10 Å². The number of carbonyl (C=O) groups is 2. The Bertz CT molecular complexity index is 1050. The fourth-order valence-electron chi connectivity index (χ4n) is 4.11. The first kappa shape index (κ1) is 22.6. The number of carbonyl (C=O) groups excluding carboxylic acids is 2. The first-order valence-corrected chi connectivity index (χ1v) is 11.1. The lowest BCUT2D eigenvalue weighted by atomic mass is 10.0. The van der Waals surface area contributed by atoms with E-state index in [1.807, 2.05) is 43.3 Å². The van der Waals surface area contributed by atoms with Crippen molar-refractivity contribution in [2.24, 2.45) is 11.0 Å². The normalized spacial score (nSPS) is 18.3. The van der Waals surface area contributed by atoms with Crippen LogP contribution in [0.3, 0.4) is 0 Å². The third kappa shape index (κ3) is 4.94. The van der Waals surface area contributed by atoms with E-state index in [9.17, 15) is 9.59 Å². The minimum atomic E-state index is -0.102. The van der Waals surface area contributed by atoms with Crippen LogP contribution in [-0.4, -0.2) is 50.4 Å². The van der Waals surface area contributed by atoms with E-state index in [1.165, 1.54) is 5.56 Å². The second-order valence-electron chi connectivity index (χ2n) is 8.23. The summed E-state index contributed by atoms with van der Waals surface area (Å²) in [6, 6.07) is 11.9. The summed E-state index contributed by atoms with van der Waals surface area (Å²) in [5, 5.41) is 4.22. The van der Waals surface area contributed by atoms with Gasteiger partial charge in [-0.05, 0) is 36.0 Å². The molecule has 1 heterocycles. The molecule has 8 heteroatoms. The van der Waals surface area contributed by atoms with Crippen LogP contribution in [0.4, 0.5) is 0 Å². The topological polar surface area (TPSA) is 89.5 Å². The zero-order valence-electron chi connectivity index (χ0n) is 19.2. The van der Waals surface area contributed by atoms with E-state index in [-0.39, 0.29) is 30.4 Å². The number of hydrazone groups is 1. The molecule has 1 N–H and O–H groups in total. The van der Waals surface area contributed by atoms with Crippen molar-refractivity contribution in [3.63, 3.8) is 0 Å². The highest BCUT2D eigenvalue weighted by molar-refractivity contribution is 5.90. The Morgan fingerprint density at radius 1 is 1.27 bits per heavy atom. The van der Waals surface area contributed by atoms with Gasteiger partial charge in [0.25, 0.3) is 0 Å². The maximum atomic E-state index is 12.6. The number of likely N-dealkylation sites (N-methyl/N-ethyl adjacent to an activating group) is 1. The monoisotopic (exact) mass is 451 g/mol. The molecule has 2 atom stereocenters. The van der Waals surface area contributed by atoms with Crippen molar-refractivity contribution in [2.75, 3.05) is 27.5 Å². The van der Waals surface area contributed by atoms with Crippen molar-refractivity contribution < 1.29 is 23.8 Å². The van der Waals surface area contributed by atoms with Gasteiger partial charge >= 0.3 is 0 Å². The Hall–Kier alpha value is -3.55. The number of hydrogen-bond donors (Lipinski definition) is 1. The van der Waals surface area contributed by atoms with Crippen LogP contribution in [0.25, 0.3) is 0 Å². The Labute approximate surface area is 193 Å². The Balaban J connectivity index is 1.49. The molecule has 0 spiro atoms. The SMILES string of the molecule is CCC(=O)N(C)CCc1cc2c(c(OC)c1C=NNC(=O)C1CC1c1ccccc1)OCO2. The van der Waals surface area contributed by atoms with E-state index < -0.39 is 0 Å². The zero-order valence-corrected chi connectivity index (χ0v) is 19.2. The summed E-state index contributed by atoms with van der Waals surface area (Å²) in [5.41, 5.74) is 5.42. The lowest BCUT2D eigenvalue weighted by molar-refractivity contribution is -0.129. The van der Waals surface area contributed by atoms with Gasteiger partial charge in [0.05, 0.1) is 13.3 Å². The minimum Gasteiger partial charge on any atom is -0.492 e. The summed E-state index contributed by atoms with van der Waals surface area (Å²) >= 11 is 0. The smallest absolute Gasteiger partial charge is 0.243 e. The molecule has 0 bridgehead atoms. The van der Waals surface area contributed by atoms with Gasteiger partial charge in [-0.3, -0.25) is 9.59 Å². The standard InChI is InChI=1S/C25H29N3O5/c1-4-22(29)28(2)11-10-17-12-21-24(33-15-32-21)23(31-3)20(17)14-26-27-25(30)19-13-18(19)16-8-6-5-7-9-16/h5-9,12,14,18-19H,4,10-11,13,15H2,1-3H3,(H,27,30). The second kappa shape index (κ2) is 9.94. The van der Waals surface area contributed by atoms with Gasteiger partial charge in [0.15, 0.2) is 11.5 Å². The zero-order chi connectivity index (χ0) is 23.4. The molecule has 4 rings (SSSR count). The molecule has 2 unspecified atom stereocenters. The van der Waals surface area contributed by atoms with Crippen LogP contribution in [0.5, 0.6) is 17.2 Å². The van der Waals surface area contributed by atoms with Crippen molar-refractivity contribution in [3.05, 3.63) is 53.1 Å². The lowest BCUT2D eigenvalue weighted by Gasteiger charge is -2.18. The summed E-state index contributed by atoms with van der Waals surface area (Å²) in [6.07, 6.45) is 3.42. The Kier molecular flexibility index (Phi) is 6.82. The quantitative estimate of drug-likeness (QED) is 0.468. The molecule has 1 fully saturated rings. The van der Waals surface area contributed by atoms with Crippen molar-refractivity contribution in [1.29, 1.82) is 0 Å². The summed E-state index contributed by atoms with van der Waals surface area (Å²) in [7, 11) is 3.33. The molecule has 2 aliphatic rings. The first-order valence-electron chi connectivity index (χ1n) is 11.1. The number of methoxy groups -OCH3 is 1. The van der Waals surface area contributed by atoms with Crippen LogP contribution >= 0.6 is 0 Å². The van der Waals surface area contributed by atoms with Gasteiger partial charge in [-0.15, -0.1) is 0 Å². The van der Waals surface area contributed by atoms with Crippen LogP contribution in [0.2, 0.25) is 0 Å². The molecule has 2 aromatic rings. The molecular formula is C25H29N3O5. The average molecular weight is 452 g/mol. The molecule has 33 heavy (non-hydrogen) atoms. The molecule has 1 aliphatic heterocycles. The van der Waals surface area contributed by atoms with Crippen molar-refractivity contribution >= 4 is 18.0 Å². The number of nitrogens with one attached hydrogen (secondary N) is 1. The third-order valence-corrected chi connectivity index (χ3v) is 6.12. The summed E-state index contributed by atoms with van der Waals surface area (Å²) in [6.45, 7) is 2.48. The fraction of sp³-hybridized carbons (Fsp3) is 0.400. The lowest BCUT2D eigenvalue weighted by Crippen LogP contribution is -2.28. The molecule has 1 saturated carbocycles. The highest BCUT2D eigenvalue weighted by Gasteiger charge is 2.43. The van der Waals surface area contributed by atoms with E-state index in [1.54, 1.807) is 25.3 Å². The van der Waals surface area contributed by atoms with Gasteiger partial charge in [-0.1, -0.05) is 37.3 Å². The van der Waals surface area contributed by atoms with Crippen LogP contribution in [0, 0.1) is 5.92 Å². The van der Waals surface area contributed by atoms with Crippen LogP contribution in [-0.2, 0) is 16.0 Å². The highest BCUT2D eigenvalue weighted by atomic mass is 16.7. The number of hydrogen-bond acceptors (Lipinski definition) is 6. The summed E-state index contributed by atoms with van der Waals surface area (Å²) in [4.78, 5) is 26.2. The molecule has 1 aliphatic carbocycles. The fourth-order valence-corrected chi connectivity index (χ4v) is 4.11. The maximum absolute atomic E-state index is 12.6. The Morgan fingerprint density at radius 3 is 2.79 bits per heavy atom. The minimum absolute atomic E-state index is 0.0718. The average Bonchev–Trinajstić information content (AvgIpc) is 3.52. The van der Waals surface area contributed by atoms with Gasteiger partial charge in [0.2, 0.25) is 24.4 Å². The number of nitrogens with zero attached hydrogens (tertiary/aromatic N) is 2. The van der Waals surface area contributed by atoms with Crippen molar-refractivity contribution in [3.8, 4) is 17.2 Å². The van der Waals surface area contributed by atoms with E-state index >= 15 is 0 Å². The number of amides is 2. The van der Waals surface area contributed by atoms with Crippen LogP contribution < -0.4 is 19.6 Å². The largest absolute Gasteiger partial charge is 0.492 e. The first-order chi connectivity index (χ1) is 16.0. The number of rotatable bonds is 9. The Morgan fingerprint density at radius 2 is 2.06 bits per heavy atom. The van der Waals surface area contributed by atoms with E-state index in [4.69, 9.17) is 14.2 Å². The molecule has 0 radical (unpaired) electrons. The van der Waals surface area contributed by atoms with E-state index in [0.29, 0.717) is 42.2 Å². The number of fused-ring (bicyclic) bond motifs is 1. The van der Waals surface area contributed by atoms with Gasteiger partial charge in [0, 0.05) is 31.5 Å². The van der Waals surface area contributed by atoms with Gasteiger partial charge in [0.1, 0.15) is 0 Å². The molecule has 0 aromatic heterocycles. The second-order valence-corrected chi connectivity index (χ2v) is 8.23. The van der Waals surface area contributed by atoms with Gasteiger partial charge < -0.3 is 19.1 Å². The summed E-state index contributed by atoms with van der Waals surface area (Å²) < 4.78 is 16.7. The molecule has 8 nitrogen and oxygen atoms in total. The van der Waals surface area contributed by atoms with Crippen molar-refractivity contribution in [1.82, 2.24) is 10.3 Å². The molecule has 2 amide bonds. The molecule has 2 aromatic carbocycles. The van der Waals surface area contributed by atoms with Crippen LogP contribution in [0.1, 0.15) is 42.4 Å². The predicted molar refractivity (Wildman–Crippen MR) is 124 cm³/mol. The molecule has 174 valence electrons. The number of benzene rings is 2. The van der Waals surface area contributed by atoms with Crippen LogP contribution in [0.15, 0.2) is 41.5 Å². The maximum Gasteiger partial charge on any atom is 0.243 e.